The van der Waals surface area contributed by atoms with Crippen LogP contribution in [0, 0.1) is 0 Å². The van der Waals surface area contributed by atoms with Crippen LogP contribution < -0.4 is 14.4 Å². The molecule has 0 saturated carbocycles. The van der Waals surface area contributed by atoms with E-state index in [0.717, 1.165) is 28.9 Å². The SMILES string of the molecule is COc1ccc(-c2cc(NCc3ccc(N4CCCN(C)S4(=O)=O)cc3)ccc2Cl)nc1. The van der Waals surface area contributed by atoms with Gasteiger partial charge in [0, 0.05) is 37.9 Å². The number of methoxy groups -OCH3 is 1. The molecule has 1 aromatic heterocycles. The van der Waals surface area contributed by atoms with Crippen LogP contribution in [0.5, 0.6) is 5.75 Å². The summed E-state index contributed by atoms with van der Waals surface area (Å²) in [5.41, 5.74) is 4.21. The predicted molar refractivity (Wildman–Crippen MR) is 129 cm³/mol. The summed E-state index contributed by atoms with van der Waals surface area (Å²) in [6.07, 6.45) is 2.47. The van der Waals surface area contributed by atoms with Gasteiger partial charge in [0.1, 0.15) is 5.75 Å². The molecule has 0 radical (unpaired) electrons. The summed E-state index contributed by atoms with van der Waals surface area (Å²) in [7, 11) is -0.224. The lowest BCUT2D eigenvalue weighted by molar-refractivity contribution is 0.413. The van der Waals surface area contributed by atoms with Crippen molar-refractivity contribution in [3.63, 3.8) is 0 Å². The molecule has 0 amide bonds. The van der Waals surface area contributed by atoms with Crippen LogP contribution in [-0.4, -0.2) is 45.0 Å². The van der Waals surface area contributed by atoms with Crippen molar-refractivity contribution < 1.29 is 13.2 Å². The van der Waals surface area contributed by atoms with Gasteiger partial charge in [0.2, 0.25) is 0 Å². The van der Waals surface area contributed by atoms with Gasteiger partial charge in [-0.3, -0.25) is 9.29 Å². The molecule has 0 atom stereocenters. The summed E-state index contributed by atoms with van der Waals surface area (Å²) in [5, 5.41) is 4.01. The minimum absolute atomic E-state index is 0.497. The lowest BCUT2D eigenvalue weighted by Crippen LogP contribution is -2.47. The third kappa shape index (κ3) is 4.67. The number of halogens is 1. The Balaban J connectivity index is 1.46. The van der Waals surface area contributed by atoms with Crippen molar-refractivity contribution in [2.45, 2.75) is 13.0 Å². The molecule has 0 spiro atoms. The van der Waals surface area contributed by atoms with Gasteiger partial charge in [0.25, 0.3) is 0 Å². The van der Waals surface area contributed by atoms with Crippen LogP contribution in [0.15, 0.2) is 60.8 Å². The number of aromatic nitrogens is 1. The molecular weight excluding hydrogens is 448 g/mol. The molecular formula is C23H25ClN4O3S. The minimum atomic E-state index is -3.44. The highest BCUT2D eigenvalue weighted by atomic mass is 35.5. The van der Waals surface area contributed by atoms with E-state index in [2.05, 4.69) is 10.3 Å². The fraction of sp³-hybridized carbons (Fsp3) is 0.261. The molecule has 1 N–H and O–H groups in total. The Hall–Kier alpha value is -2.81. The zero-order valence-corrected chi connectivity index (χ0v) is 19.5. The van der Waals surface area contributed by atoms with Gasteiger partial charge in [-0.15, -0.1) is 0 Å². The Kier molecular flexibility index (Phi) is 6.55. The first-order chi connectivity index (χ1) is 15.4. The van der Waals surface area contributed by atoms with Gasteiger partial charge in [-0.1, -0.05) is 23.7 Å². The second-order valence-electron chi connectivity index (χ2n) is 7.55. The van der Waals surface area contributed by atoms with Crippen LogP contribution in [0.4, 0.5) is 11.4 Å². The van der Waals surface area contributed by atoms with Crippen LogP contribution in [0.3, 0.4) is 0 Å². The number of rotatable bonds is 6. The molecule has 1 fully saturated rings. The number of benzene rings is 2. The molecule has 1 saturated heterocycles. The van der Waals surface area contributed by atoms with Gasteiger partial charge in [0.15, 0.2) is 0 Å². The molecule has 0 bridgehead atoms. The molecule has 32 heavy (non-hydrogen) atoms. The Morgan fingerprint density at radius 2 is 1.88 bits per heavy atom. The van der Waals surface area contributed by atoms with Crippen LogP contribution >= 0.6 is 11.6 Å². The first-order valence-electron chi connectivity index (χ1n) is 10.3. The summed E-state index contributed by atoms with van der Waals surface area (Å²) < 4.78 is 33.1. The van der Waals surface area contributed by atoms with Crippen molar-refractivity contribution >= 4 is 33.2 Å². The highest BCUT2D eigenvalue weighted by molar-refractivity contribution is 7.90. The van der Waals surface area contributed by atoms with Crippen molar-refractivity contribution in [3.8, 4) is 17.0 Å². The molecule has 4 rings (SSSR count). The maximum absolute atomic E-state index is 12.5. The third-order valence-electron chi connectivity index (χ3n) is 5.44. The number of hydrogen-bond acceptors (Lipinski definition) is 5. The van der Waals surface area contributed by atoms with Crippen LogP contribution in [0.1, 0.15) is 12.0 Å². The number of pyridine rings is 1. The molecule has 9 heteroatoms. The molecule has 0 unspecified atom stereocenters. The van der Waals surface area contributed by atoms with E-state index in [-0.39, 0.29) is 0 Å². The van der Waals surface area contributed by atoms with Crippen molar-refractivity contribution in [3.05, 3.63) is 71.4 Å². The Morgan fingerprint density at radius 1 is 1.09 bits per heavy atom. The molecule has 0 aliphatic carbocycles. The van der Waals surface area contributed by atoms with Crippen molar-refractivity contribution in [2.24, 2.45) is 0 Å². The van der Waals surface area contributed by atoms with Gasteiger partial charge >= 0.3 is 10.2 Å². The summed E-state index contributed by atoms with van der Waals surface area (Å²) in [6.45, 7) is 1.64. The van der Waals surface area contributed by atoms with Gasteiger partial charge in [-0.2, -0.15) is 12.7 Å². The van der Waals surface area contributed by atoms with Crippen LogP contribution in [0.2, 0.25) is 5.02 Å². The second-order valence-corrected chi connectivity index (χ2v) is 9.92. The number of hydrogen-bond donors (Lipinski definition) is 1. The third-order valence-corrected chi connectivity index (χ3v) is 7.69. The highest BCUT2D eigenvalue weighted by Gasteiger charge is 2.30. The van der Waals surface area contributed by atoms with Crippen molar-refractivity contribution in [2.75, 3.05) is 36.9 Å². The molecule has 2 aromatic carbocycles. The molecule has 1 aliphatic heterocycles. The van der Waals surface area contributed by atoms with Gasteiger partial charge < -0.3 is 10.1 Å². The summed E-state index contributed by atoms with van der Waals surface area (Å²) in [6, 6.07) is 17.0. The van der Waals surface area contributed by atoms with Gasteiger partial charge in [-0.05, 0) is 54.4 Å². The molecule has 3 aromatic rings. The standard InChI is InChI=1S/C23H25ClN4O3S/c1-27-12-3-13-28(32(27,29)30)19-7-4-17(5-8-19)15-25-18-6-10-22(24)21(14-18)23-11-9-20(31-2)16-26-23/h4-11,14,16,25H,3,12-13,15H2,1-2H3. The van der Waals surface area contributed by atoms with Crippen molar-refractivity contribution in [1.82, 2.24) is 9.29 Å². The predicted octanol–water partition coefficient (Wildman–Crippen LogP) is 4.41. The van der Waals surface area contributed by atoms with E-state index < -0.39 is 10.2 Å². The maximum Gasteiger partial charge on any atom is 0.303 e. The monoisotopic (exact) mass is 472 g/mol. The van der Waals surface area contributed by atoms with Crippen LogP contribution in [-0.2, 0) is 16.8 Å². The molecule has 2 heterocycles. The molecule has 1 aliphatic rings. The molecule has 168 valence electrons. The van der Waals surface area contributed by atoms with Gasteiger partial charge in [-0.25, -0.2) is 0 Å². The number of nitrogens with one attached hydrogen (secondary N) is 1. The number of nitrogens with zero attached hydrogens (tertiary/aromatic N) is 3. The fourth-order valence-electron chi connectivity index (χ4n) is 3.57. The number of anilines is 2. The van der Waals surface area contributed by atoms with E-state index in [1.165, 1.54) is 8.61 Å². The number of ether oxygens (including phenoxy) is 1. The lowest BCUT2D eigenvalue weighted by Gasteiger charge is -2.33. The second kappa shape index (κ2) is 9.36. The zero-order chi connectivity index (χ0) is 22.7. The summed E-state index contributed by atoms with van der Waals surface area (Å²) in [5.74, 6) is 0.687. The van der Waals surface area contributed by atoms with E-state index >= 15 is 0 Å². The smallest absolute Gasteiger partial charge is 0.303 e. The summed E-state index contributed by atoms with van der Waals surface area (Å²) in [4.78, 5) is 4.42. The average molecular weight is 473 g/mol. The van der Waals surface area contributed by atoms with E-state index in [1.54, 1.807) is 20.4 Å². The van der Waals surface area contributed by atoms with Crippen LogP contribution in [0.25, 0.3) is 11.3 Å². The Labute approximate surface area is 193 Å². The highest BCUT2D eigenvalue weighted by Crippen LogP contribution is 2.30. The minimum Gasteiger partial charge on any atom is -0.495 e. The summed E-state index contributed by atoms with van der Waals surface area (Å²) >= 11 is 6.39. The Bertz CT molecular complexity index is 1180. The van der Waals surface area contributed by atoms with E-state index in [0.29, 0.717) is 36.1 Å². The van der Waals surface area contributed by atoms with Gasteiger partial charge in [0.05, 0.1) is 29.7 Å². The van der Waals surface area contributed by atoms with E-state index in [4.69, 9.17) is 16.3 Å². The quantitative estimate of drug-likeness (QED) is 0.575. The van der Waals surface area contributed by atoms with E-state index in [1.807, 2.05) is 54.6 Å². The normalized spacial score (nSPS) is 16.0. The Morgan fingerprint density at radius 3 is 2.56 bits per heavy atom. The zero-order valence-electron chi connectivity index (χ0n) is 18.0. The lowest BCUT2D eigenvalue weighted by atomic mass is 10.1. The first-order valence-corrected chi connectivity index (χ1v) is 12.0. The average Bonchev–Trinajstić information content (AvgIpc) is 2.81. The van der Waals surface area contributed by atoms with E-state index in [9.17, 15) is 8.42 Å². The molecule has 7 nitrogen and oxygen atoms in total. The van der Waals surface area contributed by atoms with Crippen molar-refractivity contribution in [1.29, 1.82) is 0 Å². The largest absolute Gasteiger partial charge is 0.495 e. The topological polar surface area (TPSA) is 74.8 Å². The maximum atomic E-state index is 12.5. The first kappa shape index (κ1) is 22.4. The fourth-order valence-corrected chi connectivity index (χ4v) is 5.23.